The molecule has 0 aromatic carbocycles. The number of pyridine rings is 1. The van der Waals surface area contributed by atoms with Gasteiger partial charge >= 0.3 is 0 Å². The van der Waals surface area contributed by atoms with Gasteiger partial charge in [-0.25, -0.2) is 0 Å². The van der Waals surface area contributed by atoms with Crippen LogP contribution >= 0.6 is 11.6 Å². The molecule has 0 bridgehead atoms. The van der Waals surface area contributed by atoms with Crippen LogP contribution in [0.25, 0.3) is 0 Å². The second kappa shape index (κ2) is 7.04. The number of aromatic nitrogens is 1. The molecule has 3 heteroatoms. The van der Waals surface area contributed by atoms with Gasteiger partial charge in [-0.2, -0.15) is 5.26 Å². The van der Waals surface area contributed by atoms with Crippen molar-refractivity contribution in [2.75, 3.05) is 0 Å². The minimum Gasteiger partial charge on any atom is -0.260 e. The van der Waals surface area contributed by atoms with Crippen molar-refractivity contribution in [3.05, 3.63) is 30.1 Å². The lowest BCUT2D eigenvalue weighted by Crippen LogP contribution is -1.79. The fourth-order valence-corrected chi connectivity index (χ4v) is 0.635. The SMILES string of the molecule is CC#N.ClCc1ccccn1. The van der Waals surface area contributed by atoms with Crippen LogP contribution in [0.3, 0.4) is 0 Å². The number of hydrogen-bond acceptors (Lipinski definition) is 2. The number of halogens is 1. The predicted octanol–water partition coefficient (Wildman–Crippen LogP) is 2.35. The maximum absolute atomic E-state index is 7.32. The first-order valence-corrected chi connectivity index (χ1v) is 3.65. The van der Waals surface area contributed by atoms with Crippen LogP contribution in [0.15, 0.2) is 24.4 Å². The number of alkyl halides is 1. The van der Waals surface area contributed by atoms with Gasteiger partial charge in [0, 0.05) is 13.1 Å². The van der Waals surface area contributed by atoms with Crippen molar-refractivity contribution in [3.8, 4) is 6.07 Å². The maximum atomic E-state index is 7.32. The van der Waals surface area contributed by atoms with Gasteiger partial charge in [0.05, 0.1) is 17.6 Å². The number of nitriles is 1. The zero-order valence-electron chi connectivity index (χ0n) is 6.29. The van der Waals surface area contributed by atoms with Gasteiger partial charge in [-0.05, 0) is 12.1 Å². The van der Waals surface area contributed by atoms with Crippen molar-refractivity contribution < 1.29 is 0 Å². The summed E-state index contributed by atoms with van der Waals surface area (Å²) in [4.78, 5) is 3.97. The summed E-state index contributed by atoms with van der Waals surface area (Å²) in [7, 11) is 0. The Bertz CT molecular complexity index is 215. The third kappa shape index (κ3) is 5.38. The lowest BCUT2D eigenvalue weighted by atomic mass is 10.4. The fourth-order valence-electron chi connectivity index (χ4n) is 0.477. The largest absolute Gasteiger partial charge is 0.260 e. The molecule has 0 fully saturated rings. The Kier molecular flexibility index (Phi) is 6.36. The van der Waals surface area contributed by atoms with Gasteiger partial charge in [0.2, 0.25) is 0 Å². The standard InChI is InChI=1S/C6H6ClN.C2H3N/c7-5-6-3-1-2-4-8-6;1-2-3/h1-4H,5H2;1H3. The van der Waals surface area contributed by atoms with Gasteiger partial charge in [-0.3, -0.25) is 4.98 Å². The van der Waals surface area contributed by atoms with Crippen molar-refractivity contribution >= 4 is 11.6 Å². The van der Waals surface area contributed by atoms with Gasteiger partial charge < -0.3 is 0 Å². The fraction of sp³-hybridized carbons (Fsp3) is 0.250. The van der Waals surface area contributed by atoms with E-state index in [-0.39, 0.29) is 0 Å². The van der Waals surface area contributed by atoms with Crippen LogP contribution in [0, 0.1) is 11.3 Å². The zero-order chi connectivity index (χ0) is 8.53. The average molecular weight is 169 g/mol. The van der Waals surface area contributed by atoms with E-state index in [1.54, 1.807) is 12.3 Å². The van der Waals surface area contributed by atoms with Gasteiger partial charge in [-0.15, -0.1) is 11.6 Å². The molecule has 0 amide bonds. The summed E-state index contributed by atoms with van der Waals surface area (Å²) in [6, 6.07) is 7.44. The van der Waals surface area contributed by atoms with E-state index in [4.69, 9.17) is 16.9 Å². The van der Waals surface area contributed by atoms with Gasteiger partial charge in [-0.1, -0.05) is 6.07 Å². The summed E-state index contributed by atoms with van der Waals surface area (Å²) in [6.07, 6.45) is 1.73. The summed E-state index contributed by atoms with van der Waals surface area (Å²) in [5.74, 6) is 0.501. The lowest BCUT2D eigenvalue weighted by Gasteiger charge is -1.87. The summed E-state index contributed by atoms with van der Waals surface area (Å²) in [6.45, 7) is 1.43. The smallest absolute Gasteiger partial charge is 0.0647 e. The lowest BCUT2D eigenvalue weighted by molar-refractivity contribution is 1.17. The second-order valence-corrected chi connectivity index (χ2v) is 1.95. The summed E-state index contributed by atoms with van der Waals surface area (Å²) < 4.78 is 0. The first-order chi connectivity index (χ1) is 5.35. The van der Waals surface area contributed by atoms with E-state index in [1.165, 1.54) is 6.92 Å². The van der Waals surface area contributed by atoms with E-state index >= 15 is 0 Å². The highest BCUT2D eigenvalue weighted by atomic mass is 35.5. The Balaban J connectivity index is 0.000000292. The highest BCUT2D eigenvalue weighted by molar-refractivity contribution is 6.16. The molecule has 0 atom stereocenters. The molecular formula is C8H9ClN2. The molecule has 58 valence electrons. The summed E-state index contributed by atoms with van der Waals surface area (Å²) in [5, 5.41) is 7.32. The minimum absolute atomic E-state index is 0.501. The van der Waals surface area contributed by atoms with E-state index in [0.717, 1.165) is 5.69 Å². The Hall–Kier alpha value is -1.07. The van der Waals surface area contributed by atoms with Crippen LogP contribution in [-0.2, 0) is 5.88 Å². The molecule has 2 nitrogen and oxygen atoms in total. The van der Waals surface area contributed by atoms with Gasteiger partial charge in [0.15, 0.2) is 0 Å². The van der Waals surface area contributed by atoms with Crippen molar-refractivity contribution in [2.45, 2.75) is 12.8 Å². The molecule has 1 heterocycles. The third-order valence-electron chi connectivity index (χ3n) is 0.863. The molecular weight excluding hydrogens is 160 g/mol. The number of hydrogen-bond donors (Lipinski definition) is 0. The van der Waals surface area contributed by atoms with E-state index in [2.05, 4.69) is 4.98 Å². The highest BCUT2D eigenvalue weighted by Crippen LogP contribution is 1.95. The molecule has 1 aromatic heterocycles. The molecule has 0 N–H and O–H groups in total. The Labute approximate surface area is 71.4 Å². The molecule has 0 radical (unpaired) electrons. The van der Waals surface area contributed by atoms with Crippen LogP contribution in [-0.4, -0.2) is 4.98 Å². The van der Waals surface area contributed by atoms with E-state index in [1.807, 2.05) is 18.2 Å². The molecule has 11 heavy (non-hydrogen) atoms. The van der Waals surface area contributed by atoms with Crippen LogP contribution in [0.1, 0.15) is 12.6 Å². The van der Waals surface area contributed by atoms with Gasteiger partial charge in [0.1, 0.15) is 0 Å². The van der Waals surface area contributed by atoms with Crippen molar-refractivity contribution in [1.82, 2.24) is 4.98 Å². The zero-order valence-corrected chi connectivity index (χ0v) is 7.04. The van der Waals surface area contributed by atoms with Crippen LogP contribution in [0.2, 0.25) is 0 Å². The Morgan fingerprint density at radius 1 is 1.64 bits per heavy atom. The molecule has 1 aromatic rings. The number of nitrogens with zero attached hydrogens (tertiary/aromatic N) is 2. The molecule has 0 saturated heterocycles. The first-order valence-electron chi connectivity index (χ1n) is 3.11. The third-order valence-corrected chi connectivity index (χ3v) is 1.14. The van der Waals surface area contributed by atoms with Crippen LogP contribution in [0.4, 0.5) is 0 Å². The normalized spacial score (nSPS) is 7.36. The Morgan fingerprint density at radius 3 is 2.55 bits per heavy atom. The quantitative estimate of drug-likeness (QED) is 0.604. The summed E-state index contributed by atoms with van der Waals surface area (Å²) in [5.41, 5.74) is 0.925. The van der Waals surface area contributed by atoms with E-state index in [9.17, 15) is 0 Å². The summed E-state index contributed by atoms with van der Waals surface area (Å²) >= 11 is 5.46. The minimum atomic E-state index is 0.501. The average Bonchev–Trinajstić information content (AvgIpc) is 2.08. The molecule has 0 aliphatic heterocycles. The first kappa shape index (κ1) is 9.93. The number of rotatable bonds is 1. The van der Waals surface area contributed by atoms with E-state index in [0.29, 0.717) is 5.88 Å². The van der Waals surface area contributed by atoms with Crippen LogP contribution < -0.4 is 0 Å². The highest BCUT2D eigenvalue weighted by Gasteiger charge is 1.83. The van der Waals surface area contributed by atoms with Gasteiger partial charge in [0.25, 0.3) is 0 Å². The van der Waals surface area contributed by atoms with Crippen LogP contribution in [0.5, 0.6) is 0 Å². The van der Waals surface area contributed by atoms with Crippen molar-refractivity contribution in [3.63, 3.8) is 0 Å². The second-order valence-electron chi connectivity index (χ2n) is 1.68. The topological polar surface area (TPSA) is 36.7 Å². The molecule has 0 aliphatic carbocycles. The molecule has 1 rings (SSSR count). The van der Waals surface area contributed by atoms with E-state index < -0.39 is 0 Å². The maximum Gasteiger partial charge on any atom is 0.0647 e. The monoisotopic (exact) mass is 168 g/mol. The van der Waals surface area contributed by atoms with Crippen molar-refractivity contribution in [1.29, 1.82) is 5.26 Å². The molecule has 0 spiro atoms. The predicted molar refractivity (Wildman–Crippen MR) is 45.1 cm³/mol. The molecule has 0 saturated carbocycles. The molecule has 0 aliphatic rings. The molecule has 0 unspecified atom stereocenters. The van der Waals surface area contributed by atoms with Crippen molar-refractivity contribution in [2.24, 2.45) is 0 Å². The Morgan fingerprint density at radius 2 is 2.27 bits per heavy atom.